The fourth-order valence-electron chi connectivity index (χ4n) is 3.50. The Morgan fingerprint density at radius 3 is 2.54 bits per heavy atom. The fraction of sp³-hybridized carbons (Fsp3) is 0.550. The lowest BCUT2D eigenvalue weighted by Gasteiger charge is -2.30. The highest BCUT2D eigenvalue weighted by atomic mass is 32.2. The second-order valence-corrected chi connectivity index (χ2v) is 9.75. The van der Waals surface area contributed by atoms with E-state index in [-0.39, 0.29) is 35.1 Å². The average Bonchev–Trinajstić information content (AvgIpc) is 3.43. The molecule has 0 aromatic heterocycles. The van der Waals surface area contributed by atoms with E-state index in [2.05, 4.69) is 0 Å². The number of nitrogens with two attached hydrogens (primary N) is 1. The van der Waals surface area contributed by atoms with Gasteiger partial charge in [-0.3, -0.25) is 4.79 Å². The number of amides is 1. The number of sulfone groups is 1. The Morgan fingerprint density at radius 1 is 1.25 bits per heavy atom. The van der Waals surface area contributed by atoms with Crippen LogP contribution in [0.3, 0.4) is 0 Å². The van der Waals surface area contributed by atoms with Gasteiger partial charge < -0.3 is 15.4 Å². The van der Waals surface area contributed by atoms with Crippen LogP contribution >= 0.6 is 0 Å². The number of ether oxygens (including phenoxy) is 1. The second kappa shape index (κ2) is 8.61. The van der Waals surface area contributed by atoms with E-state index in [0.717, 1.165) is 32.2 Å². The molecule has 154 valence electrons. The summed E-state index contributed by atoms with van der Waals surface area (Å²) in [5.74, 6) is 0.633. The largest absolute Gasteiger partial charge is 0.489 e. The second-order valence-electron chi connectivity index (χ2n) is 7.76. The van der Waals surface area contributed by atoms with Crippen LogP contribution in [0.25, 0.3) is 0 Å². The van der Waals surface area contributed by atoms with Gasteiger partial charge >= 0.3 is 0 Å². The minimum absolute atomic E-state index is 0.0199. The first-order valence-corrected chi connectivity index (χ1v) is 11.2. The van der Waals surface area contributed by atoms with Gasteiger partial charge in [-0.15, -0.1) is 0 Å². The van der Waals surface area contributed by atoms with E-state index in [1.54, 1.807) is 12.1 Å². The number of carbonyl (C=O) groups excluding carboxylic acids is 1. The zero-order valence-corrected chi connectivity index (χ0v) is 16.7. The molecule has 1 aromatic carbocycles. The summed E-state index contributed by atoms with van der Waals surface area (Å²) in [5, 5.41) is 0. The van der Waals surface area contributed by atoms with Gasteiger partial charge in [0.05, 0.1) is 17.0 Å². The summed E-state index contributed by atoms with van der Waals surface area (Å²) in [5.41, 5.74) is 5.38. The quantitative estimate of drug-likeness (QED) is 0.675. The maximum Gasteiger partial charge on any atom is 0.222 e. The standard InChI is InChI=1S/C20H27FN2O4S/c21-11-16(12-22)13-27-17-4-6-18(7-5-17)28(25,26)15-20(8-9-20)14-23-10-2-1-3-19(23)24/h4-7,11H,1-3,8-10,12-15,22H2. The SMILES string of the molecule is NCC(=CF)COc1ccc(S(=O)(=O)CC2(CN3CCCCC3=O)CC2)cc1. The molecule has 3 rings (SSSR count). The lowest BCUT2D eigenvalue weighted by atomic mass is 10.1. The van der Waals surface area contributed by atoms with Gasteiger partial charge in [0.25, 0.3) is 0 Å². The molecule has 0 atom stereocenters. The maximum atomic E-state index is 12.9. The maximum absolute atomic E-state index is 12.9. The Bertz CT molecular complexity index is 832. The number of hydrogen-bond acceptors (Lipinski definition) is 5. The molecule has 1 heterocycles. The molecular formula is C20H27FN2O4S. The molecule has 2 fully saturated rings. The van der Waals surface area contributed by atoms with Crippen molar-refractivity contribution in [2.24, 2.45) is 11.1 Å². The van der Waals surface area contributed by atoms with Gasteiger partial charge in [-0.2, -0.15) is 0 Å². The predicted molar refractivity (Wildman–Crippen MR) is 104 cm³/mol. The van der Waals surface area contributed by atoms with Crippen molar-refractivity contribution in [2.45, 2.75) is 37.0 Å². The molecule has 0 spiro atoms. The summed E-state index contributed by atoms with van der Waals surface area (Å²) < 4.78 is 43.6. The van der Waals surface area contributed by atoms with Crippen molar-refractivity contribution in [1.29, 1.82) is 0 Å². The van der Waals surface area contributed by atoms with Crippen LogP contribution in [-0.4, -0.2) is 51.2 Å². The lowest BCUT2D eigenvalue weighted by Crippen LogP contribution is -2.41. The van der Waals surface area contributed by atoms with E-state index < -0.39 is 9.84 Å². The number of nitrogens with zero attached hydrogens (tertiary/aromatic N) is 1. The van der Waals surface area contributed by atoms with E-state index >= 15 is 0 Å². The van der Waals surface area contributed by atoms with Crippen LogP contribution in [0.15, 0.2) is 41.1 Å². The van der Waals surface area contributed by atoms with E-state index in [9.17, 15) is 17.6 Å². The fourth-order valence-corrected chi connectivity index (χ4v) is 5.40. The Labute approximate surface area is 165 Å². The van der Waals surface area contributed by atoms with E-state index in [1.807, 2.05) is 4.90 Å². The number of rotatable bonds is 9. The first kappa shape index (κ1) is 20.8. The first-order chi connectivity index (χ1) is 13.4. The molecule has 0 unspecified atom stereocenters. The number of piperidine rings is 1. The van der Waals surface area contributed by atoms with Gasteiger partial charge in [0.1, 0.15) is 12.4 Å². The highest BCUT2D eigenvalue weighted by Crippen LogP contribution is 2.48. The molecule has 1 saturated heterocycles. The zero-order valence-electron chi connectivity index (χ0n) is 15.9. The number of likely N-dealkylation sites (tertiary alicyclic amines) is 1. The lowest BCUT2D eigenvalue weighted by molar-refractivity contribution is -0.134. The van der Waals surface area contributed by atoms with Crippen LogP contribution in [0.1, 0.15) is 32.1 Å². The molecule has 1 aliphatic heterocycles. The van der Waals surface area contributed by atoms with Crippen LogP contribution in [-0.2, 0) is 14.6 Å². The van der Waals surface area contributed by atoms with Crippen molar-refractivity contribution in [1.82, 2.24) is 4.90 Å². The molecule has 8 heteroatoms. The zero-order chi connectivity index (χ0) is 20.2. The third-order valence-corrected chi connectivity index (χ3v) is 7.41. The topological polar surface area (TPSA) is 89.7 Å². The molecule has 1 aliphatic carbocycles. The summed E-state index contributed by atoms with van der Waals surface area (Å²) in [6.45, 7) is 1.34. The van der Waals surface area contributed by atoms with Crippen molar-refractivity contribution >= 4 is 15.7 Å². The van der Waals surface area contributed by atoms with Crippen molar-refractivity contribution in [3.8, 4) is 5.75 Å². The van der Waals surface area contributed by atoms with Crippen molar-refractivity contribution in [3.63, 3.8) is 0 Å². The molecule has 1 aromatic rings. The molecule has 1 amide bonds. The molecule has 0 radical (unpaired) electrons. The molecule has 0 bridgehead atoms. The third kappa shape index (κ3) is 5.11. The molecule has 6 nitrogen and oxygen atoms in total. The summed E-state index contributed by atoms with van der Waals surface area (Å²) in [6, 6.07) is 6.14. The van der Waals surface area contributed by atoms with Crippen LogP contribution in [0.4, 0.5) is 4.39 Å². The third-order valence-electron chi connectivity index (χ3n) is 5.42. The number of benzene rings is 1. The van der Waals surface area contributed by atoms with E-state index in [1.165, 1.54) is 12.1 Å². The van der Waals surface area contributed by atoms with Crippen LogP contribution in [0, 0.1) is 5.41 Å². The van der Waals surface area contributed by atoms with Crippen molar-refractivity contribution < 1.29 is 22.3 Å². The van der Waals surface area contributed by atoms with E-state index in [4.69, 9.17) is 10.5 Å². The Kier molecular flexibility index (Phi) is 6.40. The van der Waals surface area contributed by atoms with Gasteiger partial charge in [-0.1, -0.05) is 0 Å². The Morgan fingerprint density at radius 2 is 1.96 bits per heavy atom. The Balaban J connectivity index is 1.62. The van der Waals surface area contributed by atoms with E-state index in [0.29, 0.717) is 30.6 Å². The normalized spacial score (nSPS) is 19.6. The molecule has 2 aliphatic rings. The summed E-state index contributed by atoms with van der Waals surface area (Å²) in [6.07, 6.45) is 4.54. The van der Waals surface area contributed by atoms with Crippen LogP contribution in [0.5, 0.6) is 5.75 Å². The molecule has 1 saturated carbocycles. The van der Waals surface area contributed by atoms with Gasteiger partial charge in [-0.25, -0.2) is 12.8 Å². The minimum Gasteiger partial charge on any atom is -0.489 e. The van der Waals surface area contributed by atoms with Crippen molar-refractivity contribution in [2.75, 3.05) is 32.0 Å². The van der Waals surface area contributed by atoms with Crippen molar-refractivity contribution in [3.05, 3.63) is 36.2 Å². The van der Waals surface area contributed by atoms with Crippen LogP contribution < -0.4 is 10.5 Å². The number of halogens is 1. The van der Waals surface area contributed by atoms with Gasteiger partial charge in [-0.05, 0) is 49.9 Å². The van der Waals surface area contributed by atoms with Crippen LogP contribution in [0.2, 0.25) is 0 Å². The summed E-state index contributed by atoms with van der Waals surface area (Å²) in [4.78, 5) is 14.1. The summed E-state index contributed by atoms with van der Waals surface area (Å²) >= 11 is 0. The number of hydrogen-bond donors (Lipinski definition) is 1. The Hall–Kier alpha value is -1.93. The molecular weight excluding hydrogens is 383 g/mol. The predicted octanol–water partition coefficient (Wildman–Crippen LogP) is 2.44. The van der Waals surface area contributed by atoms with Gasteiger partial charge in [0, 0.05) is 37.0 Å². The first-order valence-electron chi connectivity index (χ1n) is 9.59. The highest BCUT2D eigenvalue weighted by molar-refractivity contribution is 7.91. The summed E-state index contributed by atoms with van der Waals surface area (Å²) in [7, 11) is -3.47. The smallest absolute Gasteiger partial charge is 0.222 e. The minimum atomic E-state index is -3.47. The van der Waals surface area contributed by atoms with Gasteiger partial charge in [0.2, 0.25) is 5.91 Å². The number of carbonyl (C=O) groups is 1. The highest BCUT2D eigenvalue weighted by Gasteiger charge is 2.48. The van der Waals surface area contributed by atoms with Gasteiger partial charge in [0.15, 0.2) is 9.84 Å². The average molecular weight is 411 g/mol. The molecule has 28 heavy (non-hydrogen) atoms. The monoisotopic (exact) mass is 410 g/mol. The molecule has 2 N–H and O–H groups in total.